The average Bonchev–Trinajstić information content (AvgIpc) is 3.33. The van der Waals surface area contributed by atoms with Crippen LogP contribution >= 0.6 is 0 Å². The van der Waals surface area contributed by atoms with Crippen molar-refractivity contribution in [3.05, 3.63) is 47.5 Å². The molecular weight excluding hydrogens is 288 g/mol. The predicted molar refractivity (Wildman–Crippen MR) is 92.5 cm³/mol. The van der Waals surface area contributed by atoms with Crippen LogP contribution in [0.2, 0.25) is 0 Å². The Morgan fingerprint density at radius 1 is 0.739 bits per heavy atom. The molecule has 23 heavy (non-hydrogen) atoms. The standard InChI is InChI=1S/C18H16N4O/c1-3-15-13(9-11(1)17-19-5-6-20-17)14-10-12(2-4-16(14)23-15)18-21-7-8-22-18/h1-4,9-10H,5-8H2,(H,19,20)(H,21,22). The van der Waals surface area contributed by atoms with Crippen molar-refractivity contribution in [3.8, 4) is 0 Å². The Morgan fingerprint density at radius 2 is 1.26 bits per heavy atom. The minimum Gasteiger partial charge on any atom is -0.456 e. The van der Waals surface area contributed by atoms with Crippen molar-refractivity contribution in [1.82, 2.24) is 10.6 Å². The van der Waals surface area contributed by atoms with Crippen molar-refractivity contribution in [2.75, 3.05) is 26.2 Å². The van der Waals surface area contributed by atoms with Crippen LogP contribution in [0.5, 0.6) is 0 Å². The van der Waals surface area contributed by atoms with E-state index in [1.807, 2.05) is 12.1 Å². The van der Waals surface area contributed by atoms with Gasteiger partial charge in [-0.3, -0.25) is 9.98 Å². The molecule has 0 bridgehead atoms. The van der Waals surface area contributed by atoms with Crippen molar-refractivity contribution in [2.45, 2.75) is 0 Å². The summed E-state index contributed by atoms with van der Waals surface area (Å²) in [7, 11) is 0. The average molecular weight is 304 g/mol. The summed E-state index contributed by atoms with van der Waals surface area (Å²) < 4.78 is 5.97. The normalized spacial score (nSPS) is 17.2. The number of hydrogen-bond acceptors (Lipinski definition) is 5. The molecule has 0 atom stereocenters. The highest BCUT2D eigenvalue weighted by molar-refractivity contribution is 6.12. The molecule has 5 rings (SSSR count). The third-order valence-corrected chi connectivity index (χ3v) is 4.36. The van der Waals surface area contributed by atoms with Crippen LogP contribution in [-0.4, -0.2) is 37.9 Å². The summed E-state index contributed by atoms with van der Waals surface area (Å²) in [5, 5.41) is 8.89. The first kappa shape index (κ1) is 12.7. The lowest BCUT2D eigenvalue weighted by Crippen LogP contribution is -2.19. The van der Waals surface area contributed by atoms with E-state index in [0.29, 0.717) is 0 Å². The SMILES string of the molecule is c1cc2oc3ccc(C4=NCCN4)cc3c2cc1C1=NCCN1. The molecule has 0 saturated heterocycles. The Bertz CT molecular complexity index is 905. The molecule has 2 aliphatic rings. The van der Waals surface area contributed by atoms with Crippen molar-refractivity contribution in [3.63, 3.8) is 0 Å². The van der Waals surface area contributed by atoms with Gasteiger partial charge in [0.25, 0.3) is 0 Å². The number of nitrogens with one attached hydrogen (secondary N) is 2. The first-order chi connectivity index (χ1) is 11.4. The van der Waals surface area contributed by atoms with Crippen LogP contribution in [0.15, 0.2) is 50.8 Å². The Kier molecular flexibility index (Phi) is 2.67. The molecule has 3 heterocycles. The molecule has 0 radical (unpaired) electrons. The van der Waals surface area contributed by atoms with Gasteiger partial charge in [0.1, 0.15) is 22.8 Å². The minimum absolute atomic E-state index is 0.842. The Labute approximate surface area is 133 Å². The largest absolute Gasteiger partial charge is 0.456 e. The second kappa shape index (κ2) is 4.84. The summed E-state index contributed by atoms with van der Waals surface area (Å²) in [5.41, 5.74) is 4.03. The number of hydrogen-bond donors (Lipinski definition) is 2. The summed E-state index contributed by atoms with van der Waals surface area (Å²) in [6.45, 7) is 3.51. The molecule has 0 aliphatic carbocycles. The monoisotopic (exact) mass is 304 g/mol. The number of nitrogens with zero attached hydrogens (tertiary/aromatic N) is 2. The highest BCUT2D eigenvalue weighted by atomic mass is 16.3. The van der Waals surface area contributed by atoms with Gasteiger partial charge in [0, 0.05) is 35.0 Å². The lowest BCUT2D eigenvalue weighted by Gasteiger charge is -2.03. The van der Waals surface area contributed by atoms with Gasteiger partial charge < -0.3 is 15.1 Å². The fraction of sp³-hybridized carbons (Fsp3) is 0.222. The first-order valence-electron chi connectivity index (χ1n) is 7.92. The van der Waals surface area contributed by atoms with E-state index in [9.17, 15) is 0 Å². The van der Waals surface area contributed by atoms with E-state index in [4.69, 9.17) is 4.42 Å². The summed E-state index contributed by atoms with van der Waals surface area (Å²) >= 11 is 0. The Hall–Kier alpha value is -2.82. The van der Waals surface area contributed by atoms with Crippen molar-refractivity contribution >= 4 is 33.6 Å². The van der Waals surface area contributed by atoms with Gasteiger partial charge in [-0.2, -0.15) is 0 Å². The van der Waals surface area contributed by atoms with Gasteiger partial charge in [0.15, 0.2) is 0 Å². The van der Waals surface area contributed by atoms with Gasteiger partial charge in [-0.05, 0) is 36.4 Å². The number of rotatable bonds is 2. The molecule has 0 saturated carbocycles. The van der Waals surface area contributed by atoms with E-state index in [2.05, 4.69) is 44.9 Å². The van der Waals surface area contributed by atoms with Gasteiger partial charge in [-0.25, -0.2) is 0 Å². The zero-order valence-electron chi connectivity index (χ0n) is 12.6. The topological polar surface area (TPSA) is 61.9 Å². The number of benzene rings is 2. The fourth-order valence-electron chi connectivity index (χ4n) is 3.25. The van der Waals surface area contributed by atoms with Crippen LogP contribution in [0, 0.1) is 0 Å². The predicted octanol–water partition coefficient (Wildman–Crippen LogP) is 2.29. The van der Waals surface area contributed by atoms with Gasteiger partial charge in [-0.15, -0.1) is 0 Å². The summed E-state index contributed by atoms with van der Waals surface area (Å²) in [5.74, 6) is 1.94. The molecule has 0 spiro atoms. The summed E-state index contributed by atoms with van der Waals surface area (Å²) in [6.07, 6.45) is 0. The molecular formula is C18H16N4O. The molecule has 2 aliphatic heterocycles. The smallest absolute Gasteiger partial charge is 0.135 e. The lowest BCUT2D eigenvalue weighted by atomic mass is 10.1. The van der Waals surface area contributed by atoms with E-state index in [0.717, 1.165) is 70.9 Å². The second-order valence-electron chi connectivity index (χ2n) is 5.84. The van der Waals surface area contributed by atoms with E-state index in [-0.39, 0.29) is 0 Å². The summed E-state index contributed by atoms with van der Waals surface area (Å²) in [6, 6.07) is 12.5. The van der Waals surface area contributed by atoms with E-state index in [1.165, 1.54) is 0 Å². The first-order valence-corrected chi connectivity index (χ1v) is 7.92. The maximum atomic E-state index is 5.97. The van der Waals surface area contributed by atoms with E-state index in [1.54, 1.807) is 0 Å². The number of furan rings is 1. The maximum absolute atomic E-state index is 5.97. The Morgan fingerprint density at radius 3 is 1.70 bits per heavy atom. The van der Waals surface area contributed by atoms with Gasteiger partial charge >= 0.3 is 0 Å². The van der Waals surface area contributed by atoms with Crippen LogP contribution in [0.25, 0.3) is 21.9 Å². The molecule has 2 aromatic carbocycles. The van der Waals surface area contributed by atoms with Crippen LogP contribution in [-0.2, 0) is 0 Å². The maximum Gasteiger partial charge on any atom is 0.135 e. The lowest BCUT2D eigenvalue weighted by molar-refractivity contribution is 0.669. The summed E-state index contributed by atoms with van der Waals surface area (Å²) in [4.78, 5) is 9.01. The van der Waals surface area contributed by atoms with Gasteiger partial charge in [0.05, 0.1) is 13.1 Å². The molecule has 114 valence electrons. The number of fused-ring (bicyclic) bond motifs is 3. The fourth-order valence-corrected chi connectivity index (χ4v) is 3.25. The highest BCUT2D eigenvalue weighted by Gasteiger charge is 2.14. The Balaban J connectivity index is 1.70. The molecule has 0 amide bonds. The molecule has 2 N–H and O–H groups in total. The molecule has 1 aromatic heterocycles. The number of amidine groups is 2. The molecule has 0 fully saturated rings. The van der Waals surface area contributed by atoms with Crippen LogP contribution in [0.1, 0.15) is 11.1 Å². The third-order valence-electron chi connectivity index (χ3n) is 4.36. The van der Waals surface area contributed by atoms with Crippen molar-refractivity contribution in [2.24, 2.45) is 9.98 Å². The van der Waals surface area contributed by atoms with E-state index < -0.39 is 0 Å². The highest BCUT2D eigenvalue weighted by Crippen LogP contribution is 2.30. The third kappa shape index (κ3) is 2.00. The minimum atomic E-state index is 0.842. The van der Waals surface area contributed by atoms with Crippen molar-refractivity contribution in [1.29, 1.82) is 0 Å². The van der Waals surface area contributed by atoms with Gasteiger partial charge in [0.2, 0.25) is 0 Å². The van der Waals surface area contributed by atoms with Gasteiger partial charge in [-0.1, -0.05) is 0 Å². The van der Waals surface area contributed by atoms with Crippen LogP contribution < -0.4 is 10.6 Å². The zero-order valence-corrected chi connectivity index (χ0v) is 12.6. The van der Waals surface area contributed by atoms with Crippen molar-refractivity contribution < 1.29 is 4.42 Å². The van der Waals surface area contributed by atoms with E-state index >= 15 is 0 Å². The second-order valence-corrected chi connectivity index (χ2v) is 5.84. The molecule has 0 unspecified atom stereocenters. The quantitative estimate of drug-likeness (QED) is 0.763. The molecule has 5 nitrogen and oxygen atoms in total. The van der Waals surface area contributed by atoms with Crippen LogP contribution in [0.4, 0.5) is 0 Å². The van der Waals surface area contributed by atoms with Crippen LogP contribution in [0.3, 0.4) is 0 Å². The zero-order chi connectivity index (χ0) is 15.2. The molecule has 5 heteroatoms. The number of aliphatic imine (C=N–C) groups is 2. The molecule has 3 aromatic rings.